The van der Waals surface area contributed by atoms with Gasteiger partial charge in [-0.2, -0.15) is 18.3 Å². The summed E-state index contributed by atoms with van der Waals surface area (Å²) in [7, 11) is 0. The molecule has 4 nitrogen and oxygen atoms in total. The lowest BCUT2D eigenvalue weighted by molar-refractivity contribution is -0.137. The molecule has 132 valence electrons. The van der Waals surface area contributed by atoms with Gasteiger partial charge in [0.2, 0.25) is 0 Å². The molecule has 0 bridgehead atoms. The summed E-state index contributed by atoms with van der Waals surface area (Å²) in [6, 6.07) is 11.3. The van der Waals surface area contributed by atoms with Crippen LogP contribution in [0, 0.1) is 13.8 Å². The highest BCUT2D eigenvalue weighted by Crippen LogP contribution is 2.32. The molecule has 26 heavy (non-hydrogen) atoms. The highest BCUT2D eigenvalue weighted by Gasteiger charge is 2.30. The fourth-order valence-corrected chi connectivity index (χ4v) is 2.81. The number of aryl methyl sites for hydroxylation is 2. The van der Waals surface area contributed by atoms with Gasteiger partial charge in [0.15, 0.2) is 5.82 Å². The van der Waals surface area contributed by atoms with Crippen molar-refractivity contribution in [1.29, 1.82) is 0 Å². The van der Waals surface area contributed by atoms with E-state index in [0.29, 0.717) is 22.6 Å². The summed E-state index contributed by atoms with van der Waals surface area (Å²) in [6.07, 6.45) is -4.38. The molecule has 0 aliphatic carbocycles. The topological polar surface area (TPSA) is 57.4 Å². The highest BCUT2D eigenvalue weighted by molar-refractivity contribution is 5.80. The zero-order chi connectivity index (χ0) is 18.5. The molecule has 4 rings (SSSR count). The predicted molar refractivity (Wildman–Crippen MR) is 93.6 cm³/mol. The molecule has 2 aromatic heterocycles. The van der Waals surface area contributed by atoms with Gasteiger partial charge in [0.1, 0.15) is 5.69 Å². The Kier molecular flexibility index (Phi) is 3.61. The maximum atomic E-state index is 12.8. The number of aromatic amines is 2. The van der Waals surface area contributed by atoms with Crippen molar-refractivity contribution in [2.45, 2.75) is 20.0 Å². The van der Waals surface area contributed by atoms with Crippen LogP contribution in [-0.4, -0.2) is 20.2 Å². The van der Waals surface area contributed by atoms with Gasteiger partial charge in [-0.15, -0.1) is 0 Å². The van der Waals surface area contributed by atoms with Gasteiger partial charge in [-0.05, 0) is 55.3 Å². The van der Waals surface area contributed by atoms with E-state index >= 15 is 0 Å². The minimum Gasteiger partial charge on any atom is -0.337 e. The first-order valence-electron chi connectivity index (χ1n) is 8.01. The van der Waals surface area contributed by atoms with Crippen molar-refractivity contribution in [3.8, 4) is 22.8 Å². The summed E-state index contributed by atoms with van der Waals surface area (Å²) >= 11 is 0. The van der Waals surface area contributed by atoms with Crippen LogP contribution >= 0.6 is 0 Å². The molecule has 7 heteroatoms. The van der Waals surface area contributed by atoms with Crippen LogP contribution in [-0.2, 0) is 6.18 Å². The second kappa shape index (κ2) is 5.72. The fourth-order valence-electron chi connectivity index (χ4n) is 2.81. The van der Waals surface area contributed by atoms with Crippen molar-refractivity contribution in [3.63, 3.8) is 0 Å². The summed E-state index contributed by atoms with van der Waals surface area (Å²) in [5, 5.41) is 7.19. The molecule has 0 saturated heterocycles. The van der Waals surface area contributed by atoms with E-state index in [1.54, 1.807) is 0 Å². The molecule has 2 aromatic carbocycles. The van der Waals surface area contributed by atoms with Crippen LogP contribution in [0.15, 0.2) is 42.5 Å². The van der Waals surface area contributed by atoms with E-state index < -0.39 is 11.7 Å². The number of aromatic nitrogens is 4. The van der Waals surface area contributed by atoms with Crippen LogP contribution < -0.4 is 0 Å². The number of H-pyrrole nitrogens is 2. The number of halogens is 3. The summed E-state index contributed by atoms with van der Waals surface area (Å²) in [6.45, 7) is 4.07. The van der Waals surface area contributed by atoms with E-state index in [9.17, 15) is 13.2 Å². The average molecular weight is 356 g/mol. The molecular weight excluding hydrogens is 341 g/mol. The third kappa shape index (κ3) is 2.85. The number of nitrogens with zero attached hydrogens (tertiary/aromatic N) is 2. The molecule has 0 unspecified atom stereocenters. The van der Waals surface area contributed by atoms with Gasteiger partial charge in [-0.25, -0.2) is 4.98 Å². The van der Waals surface area contributed by atoms with Crippen LogP contribution in [0.2, 0.25) is 0 Å². The minimum atomic E-state index is -4.38. The summed E-state index contributed by atoms with van der Waals surface area (Å²) in [5.41, 5.74) is 4.78. The number of imidazole rings is 1. The summed E-state index contributed by atoms with van der Waals surface area (Å²) in [5.74, 6) is 0.446. The van der Waals surface area contributed by atoms with Gasteiger partial charge >= 0.3 is 6.18 Å². The molecule has 0 aliphatic rings. The number of rotatable bonds is 2. The Hall–Kier alpha value is -3.09. The Morgan fingerprint density at radius 1 is 0.923 bits per heavy atom. The van der Waals surface area contributed by atoms with E-state index in [0.717, 1.165) is 29.0 Å². The molecule has 0 aliphatic heterocycles. The third-order valence-corrected chi connectivity index (χ3v) is 4.44. The zero-order valence-electron chi connectivity index (χ0n) is 14.1. The smallest absolute Gasteiger partial charge is 0.337 e. The quantitative estimate of drug-likeness (QED) is 0.515. The van der Waals surface area contributed by atoms with E-state index in [1.165, 1.54) is 11.6 Å². The molecule has 2 N–H and O–H groups in total. The van der Waals surface area contributed by atoms with Crippen LogP contribution in [0.5, 0.6) is 0 Å². The van der Waals surface area contributed by atoms with Crippen molar-refractivity contribution in [2.75, 3.05) is 0 Å². The Labute approximate surface area is 147 Å². The highest BCUT2D eigenvalue weighted by atomic mass is 19.4. The number of fused-ring (bicyclic) bond motifs is 1. The molecule has 0 saturated carbocycles. The fraction of sp³-hybridized carbons (Fsp3) is 0.158. The third-order valence-electron chi connectivity index (χ3n) is 4.44. The lowest BCUT2D eigenvalue weighted by Crippen LogP contribution is -2.04. The first-order chi connectivity index (χ1) is 12.3. The molecule has 0 amide bonds. The average Bonchev–Trinajstić information content (AvgIpc) is 3.22. The first-order valence-corrected chi connectivity index (χ1v) is 8.01. The standard InChI is InChI=1S/C19H15F3N4/c1-10-3-4-12(7-11(10)2)15-9-17(26-25-15)18-23-14-6-5-13(19(20,21)22)8-16(14)24-18/h3-9H,1-2H3,(H,23,24)(H,25,26). The second-order valence-electron chi connectivity index (χ2n) is 6.28. The van der Waals surface area contributed by atoms with E-state index in [4.69, 9.17) is 0 Å². The number of hydrogen-bond donors (Lipinski definition) is 2. The van der Waals surface area contributed by atoms with E-state index in [2.05, 4.69) is 20.2 Å². The maximum Gasteiger partial charge on any atom is 0.416 e. The largest absolute Gasteiger partial charge is 0.416 e. The SMILES string of the molecule is Cc1ccc(-c2cc(-c3nc4ccc(C(F)(F)F)cc4[nH]3)[nH]n2)cc1C. The van der Waals surface area contributed by atoms with Gasteiger partial charge < -0.3 is 4.98 Å². The van der Waals surface area contributed by atoms with Crippen molar-refractivity contribution >= 4 is 11.0 Å². The van der Waals surface area contributed by atoms with Gasteiger partial charge in [0.25, 0.3) is 0 Å². The molecule has 0 spiro atoms. The van der Waals surface area contributed by atoms with Crippen LogP contribution in [0.25, 0.3) is 33.8 Å². The Balaban J connectivity index is 1.72. The van der Waals surface area contributed by atoms with Gasteiger partial charge in [0, 0.05) is 5.56 Å². The number of benzene rings is 2. The Morgan fingerprint density at radius 2 is 1.73 bits per heavy atom. The number of alkyl halides is 3. The molecule has 0 fully saturated rings. The van der Waals surface area contributed by atoms with Crippen molar-refractivity contribution < 1.29 is 13.2 Å². The summed E-state index contributed by atoms with van der Waals surface area (Å²) in [4.78, 5) is 7.28. The van der Waals surface area contributed by atoms with Gasteiger partial charge in [0.05, 0.1) is 22.3 Å². The Bertz CT molecular complexity index is 1110. The Morgan fingerprint density at radius 3 is 2.46 bits per heavy atom. The van der Waals surface area contributed by atoms with Crippen molar-refractivity contribution in [1.82, 2.24) is 20.2 Å². The molecule has 4 aromatic rings. The molecule has 2 heterocycles. The van der Waals surface area contributed by atoms with Crippen LogP contribution in [0.4, 0.5) is 13.2 Å². The van der Waals surface area contributed by atoms with E-state index in [-0.39, 0.29) is 0 Å². The van der Waals surface area contributed by atoms with E-state index in [1.807, 2.05) is 38.1 Å². The minimum absolute atomic E-state index is 0.331. The maximum absolute atomic E-state index is 12.8. The molecule has 0 atom stereocenters. The van der Waals surface area contributed by atoms with Gasteiger partial charge in [-0.1, -0.05) is 12.1 Å². The normalized spacial score (nSPS) is 12.0. The van der Waals surface area contributed by atoms with Crippen molar-refractivity contribution in [2.24, 2.45) is 0 Å². The van der Waals surface area contributed by atoms with Crippen molar-refractivity contribution in [3.05, 3.63) is 59.2 Å². The zero-order valence-corrected chi connectivity index (χ0v) is 14.1. The number of hydrogen-bond acceptors (Lipinski definition) is 2. The first kappa shape index (κ1) is 16.4. The van der Waals surface area contributed by atoms with Crippen LogP contribution in [0.1, 0.15) is 16.7 Å². The monoisotopic (exact) mass is 356 g/mol. The second-order valence-corrected chi connectivity index (χ2v) is 6.28. The number of nitrogens with one attached hydrogen (secondary N) is 2. The molecular formula is C19H15F3N4. The lowest BCUT2D eigenvalue weighted by atomic mass is 10.0. The van der Waals surface area contributed by atoms with Crippen LogP contribution in [0.3, 0.4) is 0 Å². The lowest BCUT2D eigenvalue weighted by Gasteiger charge is -2.05. The molecule has 0 radical (unpaired) electrons. The van der Waals surface area contributed by atoms with Gasteiger partial charge in [-0.3, -0.25) is 5.10 Å². The summed E-state index contributed by atoms with van der Waals surface area (Å²) < 4.78 is 38.5. The predicted octanol–water partition coefficient (Wildman–Crippen LogP) is 5.26.